The van der Waals surface area contributed by atoms with Gasteiger partial charge in [-0.2, -0.15) is 0 Å². The molecule has 2 atom stereocenters. The van der Waals surface area contributed by atoms with Crippen molar-refractivity contribution in [2.75, 3.05) is 0 Å². The zero-order valence-electron chi connectivity index (χ0n) is 11.0. The minimum Gasteiger partial charge on any atom is -0.273 e. The number of hydrazine groups is 1. The first-order valence-corrected chi connectivity index (χ1v) is 6.80. The number of rotatable bonds is 0. The first-order chi connectivity index (χ1) is 8.49. The van der Waals surface area contributed by atoms with Gasteiger partial charge in [0.15, 0.2) is 0 Å². The highest BCUT2D eigenvalue weighted by Gasteiger charge is 2.45. The summed E-state index contributed by atoms with van der Waals surface area (Å²) in [5, 5.41) is 0. The molecular weight excluding hydrogens is 228 g/mol. The van der Waals surface area contributed by atoms with Crippen molar-refractivity contribution in [2.24, 2.45) is 17.3 Å². The van der Waals surface area contributed by atoms with E-state index < -0.39 is 0 Å². The van der Waals surface area contributed by atoms with Crippen molar-refractivity contribution in [3.63, 3.8) is 0 Å². The Labute approximate surface area is 107 Å². The van der Waals surface area contributed by atoms with Gasteiger partial charge in [0, 0.05) is 0 Å². The van der Waals surface area contributed by atoms with Crippen LogP contribution in [-0.2, 0) is 9.59 Å². The fourth-order valence-electron chi connectivity index (χ4n) is 3.80. The normalized spacial score (nSPS) is 34.3. The molecule has 4 nitrogen and oxygen atoms in total. The first kappa shape index (κ1) is 11.8. The Bertz CT molecular complexity index is 451. The van der Waals surface area contributed by atoms with Crippen LogP contribution in [-0.4, -0.2) is 11.8 Å². The molecule has 0 unspecified atom stereocenters. The van der Waals surface area contributed by atoms with Crippen molar-refractivity contribution in [1.29, 1.82) is 0 Å². The standard InChI is InChI=1S/C14H20N2O2/c1-14(2)5-3-4-8-6-9-10(7-11(8)14)13(18)16-15-12(9)17/h9-10H,3-7H2,1-2H3,(H,15,17)(H,16,18)/t9-,10+/m1/s1. The molecule has 1 aliphatic heterocycles. The first-order valence-electron chi connectivity index (χ1n) is 6.80. The predicted molar refractivity (Wildman–Crippen MR) is 67.2 cm³/mol. The van der Waals surface area contributed by atoms with Crippen LogP contribution < -0.4 is 10.9 Å². The molecule has 3 rings (SSSR count). The predicted octanol–water partition coefficient (Wildman–Crippen LogP) is 1.68. The number of hydrogen-bond donors (Lipinski definition) is 2. The number of hydrogen-bond acceptors (Lipinski definition) is 2. The maximum atomic E-state index is 11.9. The van der Waals surface area contributed by atoms with E-state index in [0.29, 0.717) is 0 Å². The lowest BCUT2D eigenvalue weighted by Gasteiger charge is -2.44. The molecule has 0 aromatic heterocycles. The van der Waals surface area contributed by atoms with Crippen LogP contribution >= 0.6 is 0 Å². The van der Waals surface area contributed by atoms with E-state index in [1.165, 1.54) is 24.0 Å². The van der Waals surface area contributed by atoms with E-state index in [1.807, 2.05) is 0 Å². The zero-order chi connectivity index (χ0) is 12.9. The van der Waals surface area contributed by atoms with Gasteiger partial charge in [0.25, 0.3) is 0 Å². The molecule has 1 fully saturated rings. The van der Waals surface area contributed by atoms with Gasteiger partial charge in [0.1, 0.15) is 0 Å². The van der Waals surface area contributed by atoms with Crippen molar-refractivity contribution in [3.8, 4) is 0 Å². The largest absolute Gasteiger partial charge is 0.273 e. The minimum atomic E-state index is -0.158. The van der Waals surface area contributed by atoms with Crippen molar-refractivity contribution in [2.45, 2.75) is 46.0 Å². The summed E-state index contributed by atoms with van der Waals surface area (Å²) in [5.74, 6) is -0.344. The highest BCUT2D eigenvalue weighted by Crippen LogP contribution is 2.49. The van der Waals surface area contributed by atoms with Crippen molar-refractivity contribution in [1.82, 2.24) is 10.9 Å². The van der Waals surface area contributed by atoms with E-state index in [-0.39, 0.29) is 29.1 Å². The van der Waals surface area contributed by atoms with Crippen LogP contribution in [0.2, 0.25) is 0 Å². The SMILES string of the molecule is CC1(C)CCCC2=C1C[C@@H]1C(=O)NNC(=O)[C@@H]1C2. The van der Waals surface area contributed by atoms with E-state index >= 15 is 0 Å². The van der Waals surface area contributed by atoms with Gasteiger partial charge in [0.2, 0.25) is 11.8 Å². The molecule has 2 aliphatic carbocycles. The number of allylic oxidation sites excluding steroid dienone is 2. The van der Waals surface area contributed by atoms with Gasteiger partial charge in [-0.3, -0.25) is 20.4 Å². The Kier molecular flexibility index (Phi) is 2.50. The average molecular weight is 248 g/mol. The van der Waals surface area contributed by atoms with E-state index in [0.717, 1.165) is 19.3 Å². The molecule has 2 amide bonds. The number of amides is 2. The summed E-state index contributed by atoms with van der Waals surface area (Å²) >= 11 is 0. The smallest absolute Gasteiger partial charge is 0.242 e. The molecule has 18 heavy (non-hydrogen) atoms. The molecule has 0 saturated carbocycles. The monoisotopic (exact) mass is 248 g/mol. The van der Waals surface area contributed by atoms with E-state index in [2.05, 4.69) is 24.7 Å². The average Bonchev–Trinajstić information content (AvgIpc) is 2.33. The summed E-state index contributed by atoms with van der Waals surface area (Å²) in [4.78, 5) is 23.8. The molecule has 4 heteroatoms. The molecule has 2 N–H and O–H groups in total. The Morgan fingerprint density at radius 1 is 1.06 bits per heavy atom. The summed E-state index contributed by atoms with van der Waals surface area (Å²) in [7, 11) is 0. The van der Waals surface area contributed by atoms with Crippen LogP contribution in [0, 0.1) is 17.3 Å². The molecule has 1 saturated heterocycles. The molecule has 98 valence electrons. The Morgan fingerprint density at radius 3 is 2.33 bits per heavy atom. The second-order valence-electron chi connectivity index (χ2n) is 6.42. The van der Waals surface area contributed by atoms with Gasteiger partial charge >= 0.3 is 0 Å². The maximum Gasteiger partial charge on any atom is 0.242 e. The third kappa shape index (κ3) is 1.66. The zero-order valence-corrected chi connectivity index (χ0v) is 11.0. The molecule has 3 aliphatic rings. The summed E-state index contributed by atoms with van der Waals surface area (Å²) in [6, 6.07) is 0. The van der Waals surface area contributed by atoms with Gasteiger partial charge in [-0.05, 0) is 37.5 Å². The van der Waals surface area contributed by atoms with Crippen LogP contribution in [0.4, 0.5) is 0 Å². The summed E-state index contributed by atoms with van der Waals surface area (Å²) < 4.78 is 0. The second-order valence-corrected chi connectivity index (χ2v) is 6.42. The van der Waals surface area contributed by atoms with Crippen molar-refractivity contribution >= 4 is 11.8 Å². The van der Waals surface area contributed by atoms with E-state index in [1.54, 1.807) is 0 Å². The van der Waals surface area contributed by atoms with Crippen molar-refractivity contribution in [3.05, 3.63) is 11.1 Å². The lowest BCUT2D eigenvalue weighted by molar-refractivity contribution is -0.143. The summed E-state index contributed by atoms with van der Waals surface area (Å²) in [6.45, 7) is 4.53. The van der Waals surface area contributed by atoms with Gasteiger partial charge in [-0.25, -0.2) is 0 Å². The van der Waals surface area contributed by atoms with Gasteiger partial charge < -0.3 is 0 Å². The van der Waals surface area contributed by atoms with Crippen LogP contribution in [0.15, 0.2) is 11.1 Å². The molecule has 0 aromatic rings. The quantitative estimate of drug-likeness (QED) is 0.641. The molecule has 0 radical (unpaired) electrons. The van der Waals surface area contributed by atoms with E-state index in [4.69, 9.17) is 0 Å². The Hall–Kier alpha value is -1.32. The topological polar surface area (TPSA) is 58.2 Å². The van der Waals surface area contributed by atoms with Gasteiger partial charge in [-0.1, -0.05) is 25.0 Å². The number of fused-ring (bicyclic) bond motifs is 1. The van der Waals surface area contributed by atoms with E-state index in [9.17, 15) is 9.59 Å². The highest BCUT2D eigenvalue weighted by molar-refractivity contribution is 5.93. The highest BCUT2D eigenvalue weighted by atomic mass is 16.2. The van der Waals surface area contributed by atoms with Crippen LogP contribution in [0.25, 0.3) is 0 Å². The number of carbonyl (C=O) groups is 2. The number of carbonyl (C=O) groups excluding carboxylic acids is 2. The third-order valence-electron chi connectivity index (χ3n) is 4.88. The van der Waals surface area contributed by atoms with Crippen LogP contribution in [0.5, 0.6) is 0 Å². The Balaban J connectivity index is 1.97. The lowest BCUT2D eigenvalue weighted by Crippen LogP contribution is -2.57. The maximum absolute atomic E-state index is 11.9. The van der Waals surface area contributed by atoms with Gasteiger partial charge in [-0.15, -0.1) is 0 Å². The summed E-state index contributed by atoms with van der Waals surface area (Å²) in [6.07, 6.45) is 5.06. The Morgan fingerprint density at radius 2 is 1.67 bits per heavy atom. The minimum absolute atomic E-state index is 0.0190. The number of nitrogens with one attached hydrogen (secondary N) is 2. The molecule has 0 aromatic carbocycles. The molecule has 1 heterocycles. The lowest BCUT2D eigenvalue weighted by atomic mass is 9.62. The fraction of sp³-hybridized carbons (Fsp3) is 0.714. The van der Waals surface area contributed by atoms with Gasteiger partial charge in [0.05, 0.1) is 11.8 Å². The fourth-order valence-corrected chi connectivity index (χ4v) is 3.80. The van der Waals surface area contributed by atoms with Crippen molar-refractivity contribution < 1.29 is 9.59 Å². The molecular formula is C14H20N2O2. The van der Waals surface area contributed by atoms with Crippen LogP contribution in [0.3, 0.4) is 0 Å². The summed E-state index contributed by atoms with van der Waals surface area (Å²) in [5.41, 5.74) is 8.07. The second kappa shape index (κ2) is 3.84. The third-order valence-corrected chi connectivity index (χ3v) is 4.88. The molecule has 0 spiro atoms. The van der Waals surface area contributed by atoms with Crippen LogP contribution in [0.1, 0.15) is 46.0 Å². The molecule has 0 bridgehead atoms.